The molecular weight excluding hydrogens is 375 g/mol. The first-order valence-corrected chi connectivity index (χ1v) is 8.18. The Morgan fingerprint density at radius 3 is 2.75 bits per heavy atom. The molecule has 0 spiro atoms. The average molecular weight is 389 g/mol. The molecule has 0 aliphatic heterocycles. The molecule has 6 heteroatoms. The fourth-order valence-corrected chi connectivity index (χ4v) is 2.96. The zero-order valence-electron chi connectivity index (χ0n) is 12.8. The summed E-state index contributed by atoms with van der Waals surface area (Å²) in [4.78, 5) is 25.1. The third kappa shape index (κ3) is 3.10. The number of hydrogen-bond donors (Lipinski definition) is 1. The highest BCUT2D eigenvalue weighted by atomic mass is 79.9. The van der Waals surface area contributed by atoms with Crippen LogP contribution in [0.25, 0.3) is 10.9 Å². The first-order chi connectivity index (χ1) is 11.5. The molecule has 122 valence electrons. The molecule has 0 unspecified atom stereocenters. The SMILES string of the molecule is CCn1cc(C(=O)Nc2cccc(Br)c2)c(=O)c2cc(F)ccc21. The van der Waals surface area contributed by atoms with E-state index in [9.17, 15) is 14.0 Å². The topological polar surface area (TPSA) is 51.1 Å². The lowest BCUT2D eigenvalue weighted by molar-refractivity contribution is 0.102. The van der Waals surface area contributed by atoms with Crippen LogP contribution in [0.2, 0.25) is 0 Å². The minimum Gasteiger partial charge on any atom is -0.347 e. The molecule has 0 radical (unpaired) electrons. The maximum atomic E-state index is 13.5. The number of halogens is 2. The van der Waals surface area contributed by atoms with Crippen LogP contribution in [0, 0.1) is 5.82 Å². The van der Waals surface area contributed by atoms with E-state index in [2.05, 4.69) is 21.2 Å². The summed E-state index contributed by atoms with van der Waals surface area (Å²) in [6.45, 7) is 2.45. The van der Waals surface area contributed by atoms with Crippen molar-refractivity contribution in [3.8, 4) is 0 Å². The normalized spacial score (nSPS) is 10.8. The second-order valence-electron chi connectivity index (χ2n) is 5.28. The van der Waals surface area contributed by atoms with Gasteiger partial charge in [0.15, 0.2) is 0 Å². The number of hydrogen-bond acceptors (Lipinski definition) is 2. The maximum Gasteiger partial charge on any atom is 0.261 e. The highest BCUT2D eigenvalue weighted by molar-refractivity contribution is 9.10. The van der Waals surface area contributed by atoms with E-state index in [-0.39, 0.29) is 10.9 Å². The van der Waals surface area contributed by atoms with Crippen LogP contribution in [-0.4, -0.2) is 10.5 Å². The molecule has 3 rings (SSSR count). The van der Waals surface area contributed by atoms with E-state index in [1.54, 1.807) is 28.8 Å². The quantitative estimate of drug-likeness (QED) is 0.731. The molecule has 1 N–H and O–H groups in total. The summed E-state index contributed by atoms with van der Waals surface area (Å²) in [5.74, 6) is -1.03. The molecule has 0 saturated carbocycles. The number of nitrogens with one attached hydrogen (secondary N) is 1. The van der Waals surface area contributed by atoms with Crippen LogP contribution in [0.1, 0.15) is 17.3 Å². The molecule has 24 heavy (non-hydrogen) atoms. The number of anilines is 1. The van der Waals surface area contributed by atoms with Gasteiger partial charge in [0.1, 0.15) is 11.4 Å². The molecule has 0 aliphatic carbocycles. The summed E-state index contributed by atoms with van der Waals surface area (Å²) in [6, 6.07) is 11.1. The van der Waals surface area contributed by atoms with Crippen LogP contribution >= 0.6 is 15.9 Å². The first-order valence-electron chi connectivity index (χ1n) is 7.39. The zero-order chi connectivity index (χ0) is 17.3. The van der Waals surface area contributed by atoms with Gasteiger partial charge in [-0.15, -0.1) is 0 Å². The number of fused-ring (bicyclic) bond motifs is 1. The van der Waals surface area contributed by atoms with Gasteiger partial charge < -0.3 is 9.88 Å². The number of carbonyl (C=O) groups is 1. The minimum absolute atomic E-state index is 0.0186. The summed E-state index contributed by atoms with van der Waals surface area (Å²) in [5, 5.41) is 2.89. The Morgan fingerprint density at radius 1 is 1.25 bits per heavy atom. The van der Waals surface area contributed by atoms with Crippen molar-refractivity contribution >= 4 is 38.4 Å². The van der Waals surface area contributed by atoms with Crippen LogP contribution in [0.15, 0.2) is 57.9 Å². The Hall–Kier alpha value is -2.47. The summed E-state index contributed by atoms with van der Waals surface area (Å²) < 4.78 is 16.1. The minimum atomic E-state index is -0.522. The lowest BCUT2D eigenvalue weighted by Crippen LogP contribution is -2.24. The number of aryl methyl sites for hydroxylation is 1. The van der Waals surface area contributed by atoms with E-state index in [1.165, 1.54) is 18.3 Å². The molecule has 1 amide bonds. The lowest BCUT2D eigenvalue weighted by atomic mass is 10.1. The molecule has 1 aromatic heterocycles. The molecule has 0 bridgehead atoms. The second-order valence-corrected chi connectivity index (χ2v) is 6.20. The Kier molecular flexibility index (Phi) is 4.49. The molecule has 1 heterocycles. The Labute approximate surface area is 146 Å². The molecular formula is C18H14BrFN2O2. The number of nitrogens with zero attached hydrogens (tertiary/aromatic N) is 1. The van der Waals surface area contributed by atoms with Crippen molar-refractivity contribution in [2.45, 2.75) is 13.5 Å². The average Bonchev–Trinajstić information content (AvgIpc) is 2.55. The zero-order valence-corrected chi connectivity index (χ0v) is 14.4. The van der Waals surface area contributed by atoms with Crippen LogP contribution in [0.4, 0.5) is 10.1 Å². The van der Waals surface area contributed by atoms with Gasteiger partial charge in [-0.3, -0.25) is 9.59 Å². The molecule has 2 aromatic carbocycles. The predicted octanol–water partition coefficient (Wildman–Crippen LogP) is 4.18. The third-order valence-corrected chi connectivity index (χ3v) is 4.20. The van der Waals surface area contributed by atoms with Crippen molar-refractivity contribution in [3.05, 3.63) is 74.7 Å². The number of benzene rings is 2. The van der Waals surface area contributed by atoms with Gasteiger partial charge >= 0.3 is 0 Å². The van der Waals surface area contributed by atoms with E-state index in [4.69, 9.17) is 0 Å². The standard InChI is InChI=1S/C18H14BrFN2O2/c1-2-22-10-15(17(23)14-9-12(20)6-7-16(14)22)18(24)21-13-5-3-4-11(19)8-13/h3-10H,2H2,1H3,(H,21,24). The fourth-order valence-electron chi connectivity index (χ4n) is 2.56. The van der Waals surface area contributed by atoms with E-state index in [0.717, 1.165) is 4.47 Å². The molecule has 0 fully saturated rings. The third-order valence-electron chi connectivity index (χ3n) is 3.71. The Bertz CT molecular complexity index is 998. The van der Waals surface area contributed by atoms with Crippen LogP contribution in [-0.2, 0) is 6.54 Å². The monoisotopic (exact) mass is 388 g/mol. The summed E-state index contributed by atoms with van der Waals surface area (Å²) in [6.07, 6.45) is 1.51. The Morgan fingerprint density at radius 2 is 2.04 bits per heavy atom. The summed E-state index contributed by atoms with van der Waals surface area (Å²) in [7, 11) is 0. The summed E-state index contributed by atoms with van der Waals surface area (Å²) in [5.41, 5.74) is 0.663. The maximum absolute atomic E-state index is 13.5. The lowest BCUT2D eigenvalue weighted by Gasteiger charge is -2.12. The van der Waals surface area contributed by atoms with E-state index in [1.807, 2.05) is 13.0 Å². The van der Waals surface area contributed by atoms with Gasteiger partial charge in [-0.25, -0.2) is 4.39 Å². The van der Waals surface area contributed by atoms with Crippen molar-refractivity contribution in [1.82, 2.24) is 4.57 Å². The smallest absolute Gasteiger partial charge is 0.261 e. The first kappa shape index (κ1) is 16.4. The van der Waals surface area contributed by atoms with Crippen molar-refractivity contribution in [1.29, 1.82) is 0 Å². The predicted molar refractivity (Wildman–Crippen MR) is 95.9 cm³/mol. The van der Waals surface area contributed by atoms with E-state index >= 15 is 0 Å². The van der Waals surface area contributed by atoms with Crippen molar-refractivity contribution in [3.63, 3.8) is 0 Å². The Balaban J connectivity index is 2.10. The number of rotatable bonds is 3. The fraction of sp³-hybridized carbons (Fsp3) is 0.111. The van der Waals surface area contributed by atoms with E-state index in [0.29, 0.717) is 17.7 Å². The van der Waals surface area contributed by atoms with Gasteiger partial charge in [0.05, 0.1) is 5.52 Å². The molecule has 0 atom stereocenters. The van der Waals surface area contributed by atoms with Crippen LogP contribution in [0.3, 0.4) is 0 Å². The highest BCUT2D eigenvalue weighted by Gasteiger charge is 2.16. The van der Waals surface area contributed by atoms with Gasteiger partial charge in [-0.2, -0.15) is 0 Å². The molecule has 0 aliphatic rings. The van der Waals surface area contributed by atoms with Crippen molar-refractivity contribution < 1.29 is 9.18 Å². The van der Waals surface area contributed by atoms with Crippen molar-refractivity contribution in [2.75, 3.05) is 5.32 Å². The van der Waals surface area contributed by atoms with Gasteiger partial charge in [0.25, 0.3) is 5.91 Å². The van der Waals surface area contributed by atoms with Crippen LogP contribution in [0.5, 0.6) is 0 Å². The van der Waals surface area contributed by atoms with Gasteiger partial charge in [0.2, 0.25) is 5.43 Å². The molecule has 4 nitrogen and oxygen atoms in total. The second kappa shape index (κ2) is 6.57. The highest BCUT2D eigenvalue weighted by Crippen LogP contribution is 2.17. The largest absolute Gasteiger partial charge is 0.347 e. The summed E-state index contributed by atoms with van der Waals surface area (Å²) >= 11 is 3.33. The van der Waals surface area contributed by atoms with E-state index < -0.39 is 17.2 Å². The number of carbonyl (C=O) groups excluding carboxylic acids is 1. The molecule has 3 aromatic rings. The van der Waals surface area contributed by atoms with Crippen LogP contribution < -0.4 is 10.7 Å². The number of aromatic nitrogens is 1. The molecule has 0 saturated heterocycles. The number of amides is 1. The van der Waals surface area contributed by atoms with Gasteiger partial charge in [-0.05, 0) is 43.3 Å². The van der Waals surface area contributed by atoms with Gasteiger partial charge in [0, 0.05) is 28.3 Å². The number of pyridine rings is 1. The van der Waals surface area contributed by atoms with Crippen molar-refractivity contribution in [2.24, 2.45) is 0 Å². The van der Waals surface area contributed by atoms with Gasteiger partial charge in [-0.1, -0.05) is 22.0 Å².